The van der Waals surface area contributed by atoms with Crippen molar-refractivity contribution < 1.29 is 4.74 Å². The zero-order valence-corrected chi connectivity index (χ0v) is 10.9. The van der Waals surface area contributed by atoms with E-state index in [1.54, 1.807) is 0 Å². The number of ether oxygens (including phenoxy) is 1. The molecule has 1 atom stereocenters. The highest BCUT2D eigenvalue weighted by Gasteiger charge is 2.13. The Morgan fingerprint density at radius 1 is 1.56 bits per heavy atom. The molecule has 4 nitrogen and oxygen atoms in total. The first kappa shape index (κ1) is 12.6. The molecule has 1 aromatic carbocycles. The van der Waals surface area contributed by atoms with Gasteiger partial charge in [-0.1, -0.05) is 6.08 Å². The van der Waals surface area contributed by atoms with Crippen LogP contribution in [0.15, 0.2) is 30.9 Å². The normalized spacial score (nSPS) is 12.6. The zero-order chi connectivity index (χ0) is 13.1. The number of rotatable bonds is 5. The average Bonchev–Trinajstić information content (AvgIpc) is 2.69. The summed E-state index contributed by atoms with van der Waals surface area (Å²) < 4.78 is 7.57. The van der Waals surface area contributed by atoms with Crippen molar-refractivity contribution in [3.63, 3.8) is 0 Å². The van der Waals surface area contributed by atoms with Gasteiger partial charge in [0.2, 0.25) is 0 Å². The van der Waals surface area contributed by atoms with Gasteiger partial charge in [-0.05, 0) is 26.0 Å². The number of aromatic nitrogens is 2. The van der Waals surface area contributed by atoms with Crippen LogP contribution in [0.1, 0.15) is 25.7 Å². The second-order valence-corrected chi connectivity index (χ2v) is 4.24. The molecule has 2 aromatic rings. The molecule has 1 unspecified atom stereocenters. The Bertz CT molecular complexity index is 557. The lowest BCUT2D eigenvalue weighted by Gasteiger charge is -2.08. The van der Waals surface area contributed by atoms with E-state index in [2.05, 4.69) is 16.1 Å². The molecule has 4 heteroatoms. The number of hydrogen-bond acceptors (Lipinski definition) is 3. The molecule has 2 rings (SSSR count). The summed E-state index contributed by atoms with van der Waals surface area (Å²) in [5.74, 6) is 1.71. The van der Waals surface area contributed by atoms with Gasteiger partial charge in [0.25, 0.3) is 0 Å². The molecule has 0 saturated carbocycles. The maximum Gasteiger partial charge on any atom is 0.126 e. The second-order valence-electron chi connectivity index (χ2n) is 4.24. The molecule has 96 valence electrons. The van der Waals surface area contributed by atoms with Crippen LogP contribution in [0.5, 0.6) is 5.75 Å². The Morgan fingerprint density at radius 3 is 2.94 bits per heavy atom. The van der Waals surface area contributed by atoms with Crippen molar-refractivity contribution in [2.45, 2.75) is 26.4 Å². The van der Waals surface area contributed by atoms with Crippen molar-refractivity contribution in [3.8, 4) is 5.75 Å². The van der Waals surface area contributed by atoms with Crippen molar-refractivity contribution in [1.82, 2.24) is 9.55 Å². The number of benzene rings is 1. The van der Waals surface area contributed by atoms with Gasteiger partial charge in [-0.2, -0.15) is 0 Å². The van der Waals surface area contributed by atoms with E-state index in [9.17, 15) is 0 Å². The topological polar surface area (TPSA) is 53.1 Å². The Hall–Kier alpha value is -1.81. The summed E-state index contributed by atoms with van der Waals surface area (Å²) in [5, 5.41) is 0. The predicted octanol–water partition coefficient (Wildman–Crippen LogP) is 2.64. The fourth-order valence-electron chi connectivity index (χ4n) is 2.05. The van der Waals surface area contributed by atoms with Crippen LogP contribution in [0.25, 0.3) is 11.0 Å². The molecule has 0 fully saturated rings. The van der Waals surface area contributed by atoms with Crippen molar-refractivity contribution >= 4 is 11.0 Å². The Balaban J connectivity index is 2.56. The zero-order valence-electron chi connectivity index (χ0n) is 10.9. The summed E-state index contributed by atoms with van der Waals surface area (Å²) in [4.78, 5) is 4.58. The van der Waals surface area contributed by atoms with Crippen LogP contribution in [-0.4, -0.2) is 16.2 Å². The van der Waals surface area contributed by atoms with Gasteiger partial charge in [0.15, 0.2) is 0 Å². The van der Waals surface area contributed by atoms with Gasteiger partial charge in [0.05, 0.1) is 23.7 Å². The summed E-state index contributed by atoms with van der Waals surface area (Å²) in [6, 6.07) is 5.82. The molecule has 18 heavy (non-hydrogen) atoms. The van der Waals surface area contributed by atoms with Crippen LogP contribution in [-0.2, 0) is 6.54 Å². The summed E-state index contributed by atoms with van der Waals surface area (Å²) in [7, 11) is 0. The van der Waals surface area contributed by atoms with E-state index < -0.39 is 0 Å². The number of nitrogens with zero attached hydrogens (tertiary/aromatic N) is 2. The molecule has 0 radical (unpaired) electrons. The molecule has 1 heterocycles. The molecule has 2 N–H and O–H groups in total. The van der Waals surface area contributed by atoms with Gasteiger partial charge >= 0.3 is 0 Å². The molecule has 0 bridgehead atoms. The Kier molecular flexibility index (Phi) is 3.67. The maximum atomic E-state index is 5.96. The molecular weight excluding hydrogens is 226 g/mol. The predicted molar refractivity (Wildman–Crippen MR) is 73.7 cm³/mol. The monoisotopic (exact) mass is 245 g/mol. The number of allylic oxidation sites excluding steroid dienone is 1. The highest BCUT2D eigenvalue weighted by Crippen LogP contribution is 2.24. The molecule has 0 saturated heterocycles. The lowest BCUT2D eigenvalue weighted by atomic mass is 10.3. The quantitative estimate of drug-likeness (QED) is 0.824. The highest BCUT2D eigenvalue weighted by molar-refractivity contribution is 5.78. The fraction of sp³-hybridized carbons (Fsp3) is 0.357. The Morgan fingerprint density at radius 2 is 2.33 bits per heavy atom. The lowest BCUT2D eigenvalue weighted by Crippen LogP contribution is -2.13. The largest absolute Gasteiger partial charge is 0.494 e. The van der Waals surface area contributed by atoms with E-state index in [1.807, 2.05) is 38.1 Å². The highest BCUT2D eigenvalue weighted by atomic mass is 16.5. The fourth-order valence-corrected chi connectivity index (χ4v) is 2.05. The maximum absolute atomic E-state index is 5.96. The van der Waals surface area contributed by atoms with Gasteiger partial charge in [0.1, 0.15) is 11.6 Å². The molecule has 0 aliphatic heterocycles. The molecule has 0 aliphatic rings. The van der Waals surface area contributed by atoms with Gasteiger partial charge in [-0.3, -0.25) is 0 Å². The first-order chi connectivity index (χ1) is 8.67. The van der Waals surface area contributed by atoms with Crippen molar-refractivity contribution in [2.75, 3.05) is 6.61 Å². The third-order valence-corrected chi connectivity index (χ3v) is 2.78. The van der Waals surface area contributed by atoms with Gasteiger partial charge < -0.3 is 15.0 Å². The van der Waals surface area contributed by atoms with Crippen molar-refractivity contribution in [1.29, 1.82) is 0 Å². The molecule has 0 amide bonds. The molecule has 0 spiro atoms. The number of imidazole rings is 1. The van der Waals surface area contributed by atoms with Crippen LogP contribution >= 0.6 is 0 Å². The summed E-state index contributed by atoms with van der Waals surface area (Å²) in [5.41, 5.74) is 7.93. The van der Waals surface area contributed by atoms with Gasteiger partial charge in [0, 0.05) is 12.6 Å². The Labute approximate surface area is 107 Å². The minimum atomic E-state index is -0.104. The van der Waals surface area contributed by atoms with Crippen LogP contribution < -0.4 is 10.5 Å². The second kappa shape index (κ2) is 5.23. The van der Waals surface area contributed by atoms with Crippen LogP contribution in [0.3, 0.4) is 0 Å². The van der Waals surface area contributed by atoms with E-state index in [-0.39, 0.29) is 6.04 Å². The van der Waals surface area contributed by atoms with Crippen LogP contribution in [0, 0.1) is 0 Å². The van der Waals surface area contributed by atoms with Gasteiger partial charge in [-0.25, -0.2) is 4.98 Å². The van der Waals surface area contributed by atoms with E-state index in [0.29, 0.717) is 13.2 Å². The molecular formula is C14H19N3O. The van der Waals surface area contributed by atoms with Gasteiger partial charge in [-0.15, -0.1) is 6.58 Å². The third-order valence-electron chi connectivity index (χ3n) is 2.78. The minimum Gasteiger partial charge on any atom is -0.494 e. The molecule has 0 aliphatic carbocycles. The first-order valence-electron chi connectivity index (χ1n) is 6.16. The van der Waals surface area contributed by atoms with E-state index in [1.165, 1.54) is 0 Å². The number of hydrogen-bond donors (Lipinski definition) is 1. The minimum absolute atomic E-state index is 0.104. The van der Waals surface area contributed by atoms with Crippen LogP contribution in [0.2, 0.25) is 0 Å². The first-order valence-corrected chi connectivity index (χ1v) is 6.16. The van der Waals surface area contributed by atoms with Crippen molar-refractivity contribution in [2.24, 2.45) is 5.73 Å². The average molecular weight is 245 g/mol. The van der Waals surface area contributed by atoms with E-state index in [4.69, 9.17) is 10.5 Å². The lowest BCUT2D eigenvalue weighted by molar-refractivity contribution is 0.340. The van der Waals surface area contributed by atoms with Crippen LogP contribution in [0.4, 0.5) is 0 Å². The number of fused-ring (bicyclic) bond motifs is 1. The standard InChI is InChI=1S/C14H19N3O/c1-4-8-17-13-7-6-11(18-5-2)9-12(13)16-14(17)10(3)15/h4,6-7,9-10H,1,5,8,15H2,2-3H3. The smallest absolute Gasteiger partial charge is 0.126 e. The SMILES string of the molecule is C=CCn1c(C(C)N)nc2cc(OCC)ccc21. The van der Waals surface area contributed by atoms with Crippen molar-refractivity contribution in [3.05, 3.63) is 36.7 Å². The van der Waals surface area contributed by atoms with E-state index in [0.717, 1.165) is 22.6 Å². The number of nitrogens with two attached hydrogens (primary N) is 1. The summed E-state index contributed by atoms with van der Waals surface area (Å²) in [6.45, 7) is 9.04. The summed E-state index contributed by atoms with van der Waals surface area (Å²) in [6.07, 6.45) is 1.85. The summed E-state index contributed by atoms with van der Waals surface area (Å²) >= 11 is 0. The third kappa shape index (κ3) is 2.24. The van der Waals surface area contributed by atoms with E-state index >= 15 is 0 Å². The molecule has 1 aromatic heterocycles.